The number of fused-ring (bicyclic) bond motifs is 1. The molecule has 3 nitrogen and oxygen atoms in total. The predicted octanol–water partition coefficient (Wildman–Crippen LogP) is 0.944. The van der Waals surface area contributed by atoms with E-state index >= 15 is 0 Å². The Morgan fingerprint density at radius 2 is 2.33 bits per heavy atom. The minimum Gasteiger partial charge on any atom is -0.481 e. The molecule has 0 aliphatic carbocycles. The molecule has 1 N–H and O–H groups in total. The standard InChI is InChI=1S/C9H15NO2/c1-6-5-7(9(11)12)8-3-2-4-10(6)8/h6-8H,2-5H2,1H3,(H,11,12). The molecular formula is C9H15NO2. The lowest BCUT2D eigenvalue weighted by Gasteiger charge is -2.20. The number of hydrogen-bond donors (Lipinski definition) is 1. The molecule has 3 heteroatoms. The molecule has 0 saturated carbocycles. The number of rotatable bonds is 1. The summed E-state index contributed by atoms with van der Waals surface area (Å²) in [5, 5.41) is 8.95. The average molecular weight is 169 g/mol. The summed E-state index contributed by atoms with van der Waals surface area (Å²) < 4.78 is 0. The largest absolute Gasteiger partial charge is 0.481 e. The van der Waals surface area contributed by atoms with Gasteiger partial charge in [-0.1, -0.05) is 0 Å². The van der Waals surface area contributed by atoms with Crippen molar-refractivity contribution in [2.24, 2.45) is 5.92 Å². The minimum atomic E-state index is -0.601. The third kappa shape index (κ3) is 1.04. The van der Waals surface area contributed by atoms with E-state index in [0.29, 0.717) is 12.1 Å². The van der Waals surface area contributed by atoms with Crippen LogP contribution in [0.3, 0.4) is 0 Å². The van der Waals surface area contributed by atoms with Gasteiger partial charge in [0.1, 0.15) is 0 Å². The molecule has 0 bridgehead atoms. The SMILES string of the molecule is CC1CC(C(=O)O)C2CCCN12. The van der Waals surface area contributed by atoms with Crippen molar-refractivity contribution in [2.75, 3.05) is 6.54 Å². The number of aliphatic carboxylic acids is 1. The highest BCUT2D eigenvalue weighted by molar-refractivity contribution is 5.71. The van der Waals surface area contributed by atoms with Crippen molar-refractivity contribution in [3.8, 4) is 0 Å². The molecular weight excluding hydrogens is 154 g/mol. The maximum atomic E-state index is 10.9. The third-order valence-electron chi connectivity index (χ3n) is 3.29. The van der Waals surface area contributed by atoms with Crippen LogP contribution in [0.25, 0.3) is 0 Å². The van der Waals surface area contributed by atoms with Gasteiger partial charge >= 0.3 is 5.97 Å². The minimum absolute atomic E-state index is 0.0949. The quantitative estimate of drug-likeness (QED) is 0.635. The number of hydrogen-bond acceptors (Lipinski definition) is 2. The second-order valence-corrected chi connectivity index (χ2v) is 3.98. The van der Waals surface area contributed by atoms with E-state index < -0.39 is 5.97 Å². The Morgan fingerprint density at radius 1 is 1.58 bits per heavy atom. The van der Waals surface area contributed by atoms with Crippen molar-refractivity contribution in [1.82, 2.24) is 4.90 Å². The smallest absolute Gasteiger partial charge is 0.308 e. The Labute approximate surface area is 72.4 Å². The highest BCUT2D eigenvalue weighted by Crippen LogP contribution is 2.36. The van der Waals surface area contributed by atoms with Crippen LogP contribution in [0.5, 0.6) is 0 Å². The van der Waals surface area contributed by atoms with Crippen molar-refractivity contribution in [2.45, 2.75) is 38.3 Å². The van der Waals surface area contributed by atoms with Gasteiger partial charge in [-0.2, -0.15) is 0 Å². The van der Waals surface area contributed by atoms with Crippen molar-refractivity contribution >= 4 is 5.97 Å². The van der Waals surface area contributed by atoms with Crippen LogP contribution in [0.4, 0.5) is 0 Å². The van der Waals surface area contributed by atoms with Gasteiger partial charge in [0, 0.05) is 12.1 Å². The summed E-state index contributed by atoms with van der Waals surface area (Å²) in [5.74, 6) is -0.696. The van der Waals surface area contributed by atoms with Gasteiger partial charge in [-0.15, -0.1) is 0 Å². The molecule has 0 radical (unpaired) electrons. The van der Waals surface area contributed by atoms with E-state index in [2.05, 4.69) is 11.8 Å². The van der Waals surface area contributed by atoms with Crippen LogP contribution in [0.1, 0.15) is 26.2 Å². The molecule has 2 saturated heterocycles. The van der Waals surface area contributed by atoms with Crippen LogP contribution in [0.2, 0.25) is 0 Å². The summed E-state index contributed by atoms with van der Waals surface area (Å²) in [6, 6.07) is 0.830. The van der Waals surface area contributed by atoms with Gasteiger partial charge in [0.15, 0.2) is 0 Å². The monoisotopic (exact) mass is 169 g/mol. The van der Waals surface area contributed by atoms with Crippen molar-refractivity contribution in [3.05, 3.63) is 0 Å². The number of carboxylic acids is 1. The predicted molar refractivity (Wildman–Crippen MR) is 44.9 cm³/mol. The maximum Gasteiger partial charge on any atom is 0.308 e. The van der Waals surface area contributed by atoms with Crippen LogP contribution in [-0.2, 0) is 4.79 Å². The summed E-state index contributed by atoms with van der Waals surface area (Å²) in [6.45, 7) is 3.25. The molecule has 0 amide bonds. The second kappa shape index (κ2) is 2.73. The number of carboxylic acid groups (broad SMARTS) is 1. The summed E-state index contributed by atoms with van der Waals surface area (Å²) in [6.07, 6.45) is 3.11. The summed E-state index contributed by atoms with van der Waals surface area (Å²) in [5.41, 5.74) is 0. The van der Waals surface area contributed by atoms with Crippen molar-refractivity contribution < 1.29 is 9.90 Å². The fraction of sp³-hybridized carbons (Fsp3) is 0.889. The van der Waals surface area contributed by atoms with E-state index in [1.807, 2.05) is 0 Å². The first kappa shape index (κ1) is 8.05. The van der Waals surface area contributed by atoms with Crippen molar-refractivity contribution in [1.29, 1.82) is 0 Å². The van der Waals surface area contributed by atoms with E-state index in [9.17, 15) is 4.79 Å². The lowest BCUT2D eigenvalue weighted by Crippen LogP contribution is -2.32. The summed E-state index contributed by atoms with van der Waals surface area (Å²) in [4.78, 5) is 13.2. The van der Waals surface area contributed by atoms with Gasteiger partial charge in [-0.25, -0.2) is 0 Å². The molecule has 2 aliphatic heterocycles. The molecule has 2 rings (SSSR count). The highest BCUT2D eigenvalue weighted by atomic mass is 16.4. The molecule has 2 fully saturated rings. The van der Waals surface area contributed by atoms with Crippen LogP contribution in [-0.4, -0.2) is 34.6 Å². The zero-order valence-corrected chi connectivity index (χ0v) is 7.36. The number of carbonyl (C=O) groups is 1. The molecule has 68 valence electrons. The molecule has 12 heavy (non-hydrogen) atoms. The molecule has 0 aromatic carbocycles. The van der Waals surface area contributed by atoms with E-state index in [-0.39, 0.29) is 5.92 Å². The van der Waals surface area contributed by atoms with Crippen LogP contribution >= 0.6 is 0 Å². The first-order chi connectivity index (χ1) is 5.70. The van der Waals surface area contributed by atoms with E-state index in [1.165, 1.54) is 6.42 Å². The zero-order chi connectivity index (χ0) is 8.72. The summed E-state index contributed by atoms with van der Waals surface area (Å²) in [7, 11) is 0. The highest BCUT2D eigenvalue weighted by Gasteiger charge is 2.44. The van der Waals surface area contributed by atoms with Gasteiger partial charge in [0.05, 0.1) is 5.92 Å². The molecule has 0 aromatic rings. The van der Waals surface area contributed by atoms with Gasteiger partial charge in [0.25, 0.3) is 0 Å². The fourth-order valence-electron chi connectivity index (χ4n) is 2.72. The van der Waals surface area contributed by atoms with E-state index in [1.54, 1.807) is 0 Å². The molecule has 3 unspecified atom stereocenters. The average Bonchev–Trinajstić information content (AvgIpc) is 2.53. The molecule has 2 heterocycles. The lowest BCUT2D eigenvalue weighted by atomic mass is 9.97. The Morgan fingerprint density at radius 3 is 3.00 bits per heavy atom. The third-order valence-corrected chi connectivity index (χ3v) is 3.29. The Hall–Kier alpha value is -0.570. The Balaban J connectivity index is 2.14. The van der Waals surface area contributed by atoms with Crippen LogP contribution in [0, 0.1) is 5.92 Å². The Bertz CT molecular complexity index is 205. The molecule has 3 atom stereocenters. The lowest BCUT2D eigenvalue weighted by molar-refractivity contribution is -0.142. The summed E-state index contributed by atoms with van der Waals surface area (Å²) >= 11 is 0. The number of nitrogens with zero attached hydrogens (tertiary/aromatic N) is 1. The van der Waals surface area contributed by atoms with Crippen LogP contribution < -0.4 is 0 Å². The van der Waals surface area contributed by atoms with E-state index in [0.717, 1.165) is 19.4 Å². The first-order valence-electron chi connectivity index (χ1n) is 4.68. The van der Waals surface area contributed by atoms with Gasteiger partial charge < -0.3 is 5.11 Å². The van der Waals surface area contributed by atoms with Gasteiger partial charge in [-0.3, -0.25) is 9.69 Å². The maximum absolute atomic E-state index is 10.9. The second-order valence-electron chi connectivity index (χ2n) is 3.98. The van der Waals surface area contributed by atoms with Gasteiger partial charge in [-0.05, 0) is 32.7 Å². The van der Waals surface area contributed by atoms with Gasteiger partial charge in [0.2, 0.25) is 0 Å². The zero-order valence-electron chi connectivity index (χ0n) is 7.36. The first-order valence-corrected chi connectivity index (χ1v) is 4.68. The molecule has 2 aliphatic rings. The van der Waals surface area contributed by atoms with Crippen molar-refractivity contribution in [3.63, 3.8) is 0 Å². The normalized spacial score (nSPS) is 41.6. The molecule has 0 aromatic heterocycles. The van der Waals surface area contributed by atoms with Crippen LogP contribution in [0.15, 0.2) is 0 Å². The fourth-order valence-corrected chi connectivity index (χ4v) is 2.72. The topological polar surface area (TPSA) is 40.5 Å². The molecule has 0 spiro atoms. The Kier molecular flexibility index (Phi) is 1.83. The van der Waals surface area contributed by atoms with E-state index in [4.69, 9.17) is 5.11 Å².